The molecule has 0 bridgehead atoms. The number of carbonyl (C=O) groups excluding carboxylic acids is 1. The van der Waals surface area contributed by atoms with Gasteiger partial charge in [-0.3, -0.25) is 9.69 Å². The number of benzene rings is 1. The maximum Gasteiger partial charge on any atom is 0.234 e. The van der Waals surface area contributed by atoms with E-state index in [4.69, 9.17) is 0 Å². The van der Waals surface area contributed by atoms with Crippen LogP contribution in [0.4, 0.5) is 0 Å². The van der Waals surface area contributed by atoms with Crippen LogP contribution in [0.3, 0.4) is 0 Å². The van der Waals surface area contributed by atoms with Crippen LogP contribution >= 0.6 is 11.3 Å². The Labute approximate surface area is 148 Å². The summed E-state index contributed by atoms with van der Waals surface area (Å²) in [7, 11) is 0. The zero-order valence-electron chi connectivity index (χ0n) is 14.1. The van der Waals surface area contributed by atoms with E-state index < -0.39 is 0 Å². The number of nitrogens with one attached hydrogen (secondary N) is 1. The molecule has 1 fully saturated rings. The number of likely N-dealkylation sites (tertiary alicyclic amines) is 1. The fourth-order valence-corrected chi connectivity index (χ4v) is 4.10. The van der Waals surface area contributed by atoms with Gasteiger partial charge in [0.15, 0.2) is 0 Å². The summed E-state index contributed by atoms with van der Waals surface area (Å²) in [4.78, 5) is 16.1. The number of nitrogens with zero attached hydrogens (tertiary/aromatic N) is 1. The van der Waals surface area contributed by atoms with E-state index in [0.717, 1.165) is 18.7 Å². The number of amides is 1. The Balaban J connectivity index is 1.65. The average molecular weight is 343 g/mol. The van der Waals surface area contributed by atoms with Crippen molar-refractivity contribution in [3.63, 3.8) is 0 Å². The van der Waals surface area contributed by atoms with Gasteiger partial charge in [0.2, 0.25) is 5.91 Å². The van der Waals surface area contributed by atoms with Crippen molar-refractivity contribution < 1.29 is 4.79 Å². The van der Waals surface area contributed by atoms with Gasteiger partial charge in [-0.1, -0.05) is 55.7 Å². The second-order valence-corrected chi connectivity index (χ2v) is 7.45. The molecule has 0 spiro atoms. The molecule has 128 valence electrons. The predicted octanol–water partition coefficient (Wildman–Crippen LogP) is 4.22. The van der Waals surface area contributed by atoms with Crippen LogP contribution in [0.2, 0.25) is 0 Å². The molecule has 4 heteroatoms. The van der Waals surface area contributed by atoms with Gasteiger partial charge in [0, 0.05) is 4.88 Å². The molecule has 24 heavy (non-hydrogen) atoms. The summed E-state index contributed by atoms with van der Waals surface area (Å²) < 4.78 is 0. The van der Waals surface area contributed by atoms with Crippen LogP contribution in [-0.2, 0) is 4.79 Å². The van der Waals surface area contributed by atoms with Crippen molar-refractivity contribution in [3.05, 3.63) is 58.3 Å². The van der Waals surface area contributed by atoms with Crippen molar-refractivity contribution in [1.29, 1.82) is 0 Å². The Morgan fingerprint density at radius 2 is 1.71 bits per heavy atom. The third-order valence-corrected chi connectivity index (χ3v) is 5.52. The van der Waals surface area contributed by atoms with Gasteiger partial charge in [-0.25, -0.2) is 0 Å². The number of carbonyl (C=O) groups is 1. The molecule has 0 unspecified atom stereocenters. The van der Waals surface area contributed by atoms with E-state index >= 15 is 0 Å². The molecule has 0 radical (unpaired) electrons. The minimum atomic E-state index is -0.0477. The molecule has 3 nitrogen and oxygen atoms in total. The average Bonchev–Trinajstić information content (AvgIpc) is 3.10. The van der Waals surface area contributed by atoms with Crippen molar-refractivity contribution >= 4 is 17.2 Å². The largest absolute Gasteiger partial charge is 0.343 e. The number of thiophene rings is 1. The van der Waals surface area contributed by atoms with Gasteiger partial charge < -0.3 is 5.32 Å². The first kappa shape index (κ1) is 17.2. The monoisotopic (exact) mass is 342 g/mol. The number of hydrogen-bond donors (Lipinski definition) is 1. The van der Waals surface area contributed by atoms with Crippen LogP contribution in [0.1, 0.15) is 48.6 Å². The molecule has 1 aliphatic heterocycles. The lowest BCUT2D eigenvalue weighted by Gasteiger charge is -2.25. The maximum absolute atomic E-state index is 12.6. The topological polar surface area (TPSA) is 32.3 Å². The van der Waals surface area contributed by atoms with Crippen LogP contribution in [0, 0.1) is 0 Å². The van der Waals surface area contributed by atoms with Crippen LogP contribution in [0.15, 0.2) is 47.8 Å². The summed E-state index contributed by atoms with van der Waals surface area (Å²) in [6.45, 7) is 2.60. The summed E-state index contributed by atoms with van der Waals surface area (Å²) in [5.41, 5.74) is 1.14. The molecule has 0 saturated carbocycles. The van der Waals surface area contributed by atoms with Crippen LogP contribution < -0.4 is 5.32 Å². The van der Waals surface area contributed by atoms with Gasteiger partial charge >= 0.3 is 0 Å². The van der Waals surface area contributed by atoms with Crippen LogP contribution in [0.5, 0.6) is 0 Å². The minimum absolute atomic E-state index is 0.0477. The first-order valence-corrected chi connectivity index (χ1v) is 9.81. The molecule has 3 rings (SSSR count). The highest BCUT2D eigenvalue weighted by atomic mass is 32.1. The summed E-state index contributed by atoms with van der Waals surface area (Å²) in [5.74, 6) is 0.123. The highest BCUT2D eigenvalue weighted by Gasteiger charge is 2.19. The highest BCUT2D eigenvalue weighted by Crippen LogP contribution is 2.25. The molecule has 2 aromatic rings. The second-order valence-electron chi connectivity index (χ2n) is 6.47. The molecule has 1 amide bonds. The Morgan fingerprint density at radius 1 is 1.00 bits per heavy atom. The molecule has 1 aromatic heterocycles. The lowest BCUT2D eigenvalue weighted by atomic mass is 10.1. The van der Waals surface area contributed by atoms with Gasteiger partial charge in [0.05, 0.1) is 12.6 Å². The first-order chi connectivity index (χ1) is 11.8. The number of rotatable bonds is 5. The van der Waals surface area contributed by atoms with Crippen molar-refractivity contribution in [2.45, 2.75) is 38.1 Å². The smallest absolute Gasteiger partial charge is 0.234 e. The third-order valence-electron chi connectivity index (χ3n) is 4.58. The summed E-state index contributed by atoms with van der Waals surface area (Å²) in [6.07, 6.45) is 6.34. The highest BCUT2D eigenvalue weighted by molar-refractivity contribution is 7.10. The molecular formula is C20H26N2OS. The molecule has 1 aliphatic rings. The summed E-state index contributed by atoms with van der Waals surface area (Å²) in [5, 5.41) is 5.31. The number of hydrogen-bond acceptors (Lipinski definition) is 3. The molecule has 1 N–H and O–H groups in total. The molecule has 1 saturated heterocycles. The molecule has 1 atom stereocenters. The predicted molar refractivity (Wildman–Crippen MR) is 100 cm³/mol. The second kappa shape index (κ2) is 9.00. The van der Waals surface area contributed by atoms with E-state index in [-0.39, 0.29) is 11.9 Å². The van der Waals surface area contributed by atoms with E-state index in [9.17, 15) is 4.79 Å². The molecule has 1 aromatic carbocycles. The zero-order valence-corrected chi connectivity index (χ0v) is 14.9. The van der Waals surface area contributed by atoms with Gasteiger partial charge in [-0.2, -0.15) is 0 Å². The standard InChI is InChI=1S/C20H26N2OS/c23-19(16-22-13-7-2-1-3-8-14-22)21-20(18-12-9-15-24-18)17-10-5-4-6-11-17/h4-6,9-12,15,20H,1-3,7-8,13-14,16H2,(H,21,23)/t20-/m0/s1. The molecular weight excluding hydrogens is 316 g/mol. The Kier molecular flexibility index (Phi) is 6.44. The quantitative estimate of drug-likeness (QED) is 0.882. The fourth-order valence-electron chi connectivity index (χ4n) is 3.30. The van der Waals surface area contributed by atoms with E-state index in [2.05, 4.69) is 33.8 Å². The van der Waals surface area contributed by atoms with Gasteiger partial charge in [0.1, 0.15) is 0 Å². The van der Waals surface area contributed by atoms with Gasteiger partial charge in [0.25, 0.3) is 0 Å². The SMILES string of the molecule is O=C(CN1CCCCCCC1)N[C@@H](c1ccccc1)c1cccs1. The van der Waals surface area contributed by atoms with Crippen molar-refractivity contribution in [3.8, 4) is 0 Å². The maximum atomic E-state index is 12.6. The van der Waals surface area contributed by atoms with Crippen molar-refractivity contribution in [1.82, 2.24) is 10.2 Å². The summed E-state index contributed by atoms with van der Waals surface area (Å²) in [6, 6.07) is 14.3. The Morgan fingerprint density at radius 3 is 2.38 bits per heavy atom. The lowest BCUT2D eigenvalue weighted by molar-refractivity contribution is -0.122. The van der Waals surface area contributed by atoms with Gasteiger partial charge in [-0.05, 0) is 42.9 Å². The van der Waals surface area contributed by atoms with Crippen molar-refractivity contribution in [2.24, 2.45) is 0 Å². The van der Waals surface area contributed by atoms with Crippen LogP contribution in [0.25, 0.3) is 0 Å². The van der Waals surface area contributed by atoms with Crippen molar-refractivity contribution in [2.75, 3.05) is 19.6 Å². The fraction of sp³-hybridized carbons (Fsp3) is 0.450. The van der Waals surface area contributed by atoms with E-state index in [1.54, 1.807) is 11.3 Å². The Hall–Kier alpha value is -1.65. The Bertz CT molecular complexity index is 604. The zero-order chi connectivity index (χ0) is 16.6. The van der Waals surface area contributed by atoms with Crippen LogP contribution in [-0.4, -0.2) is 30.4 Å². The third kappa shape index (κ3) is 4.92. The molecule has 0 aliphatic carbocycles. The van der Waals surface area contributed by atoms with E-state index in [1.165, 1.54) is 37.0 Å². The first-order valence-electron chi connectivity index (χ1n) is 8.93. The molecule has 2 heterocycles. The van der Waals surface area contributed by atoms with E-state index in [1.807, 2.05) is 24.3 Å². The lowest BCUT2D eigenvalue weighted by Crippen LogP contribution is -2.40. The summed E-state index contributed by atoms with van der Waals surface area (Å²) >= 11 is 1.69. The van der Waals surface area contributed by atoms with E-state index in [0.29, 0.717) is 6.54 Å². The normalized spacial score (nSPS) is 17.7. The minimum Gasteiger partial charge on any atom is -0.343 e. The van der Waals surface area contributed by atoms with Gasteiger partial charge in [-0.15, -0.1) is 11.3 Å².